The maximum atomic E-state index is 12.3. The zero-order valence-electron chi connectivity index (χ0n) is 16.8. The van der Waals surface area contributed by atoms with Crippen LogP contribution in [0.1, 0.15) is 49.5 Å². The van der Waals surface area contributed by atoms with E-state index in [1.807, 2.05) is 0 Å². The van der Waals surface area contributed by atoms with Crippen molar-refractivity contribution in [3.8, 4) is 6.07 Å². The number of anilines is 1. The number of fused-ring (bicyclic) bond motifs is 1. The molecular weight excluding hydrogens is 390 g/mol. The fourth-order valence-electron chi connectivity index (χ4n) is 3.62. The van der Waals surface area contributed by atoms with E-state index < -0.39 is 18.5 Å². The normalized spacial score (nSPS) is 16.8. The van der Waals surface area contributed by atoms with Gasteiger partial charge in [-0.25, -0.2) is 4.79 Å². The van der Waals surface area contributed by atoms with E-state index in [9.17, 15) is 14.9 Å². The number of nitrogens with zero attached hydrogens (tertiary/aromatic N) is 1. The summed E-state index contributed by atoms with van der Waals surface area (Å²) in [5.74, 6) is -0.645. The largest absolute Gasteiger partial charge is 0.465 e. The van der Waals surface area contributed by atoms with Crippen molar-refractivity contribution in [3.63, 3.8) is 0 Å². The van der Waals surface area contributed by atoms with Crippen molar-refractivity contribution in [1.82, 2.24) is 5.32 Å². The number of carbonyl (C=O) groups excluding carboxylic acids is 2. The van der Waals surface area contributed by atoms with Crippen LogP contribution in [-0.4, -0.2) is 24.0 Å². The number of hydrogen-bond donors (Lipinski definition) is 2. The highest BCUT2D eigenvalue weighted by Crippen LogP contribution is 2.44. The summed E-state index contributed by atoms with van der Waals surface area (Å²) in [6, 6.07) is 5.61. The molecule has 0 atom stereocenters. The van der Waals surface area contributed by atoms with Crippen LogP contribution in [-0.2, 0) is 26.3 Å². The third-order valence-corrected chi connectivity index (χ3v) is 5.95. The highest BCUT2D eigenvalue weighted by molar-refractivity contribution is 7.17. The predicted octanol–water partition coefficient (Wildman–Crippen LogP) is 3.57. The van der Waals surface area contributed by atoms with E-state index in [0.717, 1.165) is 10.4 Å². The Hall–Kier alpha value is -2.89. The first-order valence-corrected chi connectivity index (χ1v) is 9.97. The second-order valence-corrected chi connectivity index (χ2v) is 9.06. The van der Waals surface area contributed by atoms with E-state index in [4.69, 9.17) is 9.15 Å². The first-order valence-electron chi connectivity index (χ1n) is 9.15. The molecule has 29 heavy (non-hydrogen) atoms. The average molecular weight is 413 g/mol. The number of ether oxygens (including phenoxy) is 1. The van der Waals surface area contributed by atoms with Crippen LogP contribution in [0.3, 0.4) is 0 Å². The van der Waals surface area contributed by atoms with E-state index in [0.29, 0.717) is 22.7 Å². The third kappa shape index (κ3) is 4.75. The van der Waals surface area contributed by atoms with Crippen molar-refractivity contribution < 1.29 is 18.7 Å². The molecule has 2 N–H and O–H groups in total. The first kappa shape index (κ1) is 20.8. The molecule has 8 heteroatoms. The van der Waals surface area contributed by atoms with E-state index in [1.54, 1.807) is 12.1 Å². The lowest BCUT2D eigenvalue weighted by Gasteiger charge is -2.42. The monoisotopic (exact) mass is 413 g/mol. The molecular formula is C21H23N3O4S. The van der Waals surface area contributed by atoms with Crippen molar-refractivity contribution in [2.24, 2.45) is 0 Å². The van der Waals surface area contributed by atoms with Gasteiger partial charge in [0, 0.05) is 22.0 Å². The topological polar surface area (TPSA) is 104 Å². The lowest BCUT2D eigenvalue weighted by atomic mass is 9.81. The van der Waals surface area contributed by atoms with Crippen LogP contribution in [0.2, 0.25) is 0 Å². The van der Waals surface area contributed by atoms with E-state index >= 15 is 0 Å². The third-order valence-electron chi connectivity index (χ3n) is 4.48. The Morgan fingerprint density at radius 1 is 1.41 bits per heavy atom. The molecule has 1 amide bonds. The Balaban J connectivity index is 1.68. The second kappa shape index (κ2) is 7.85. The Labute approximate surface area is 173 Å². The fourth-order valence-corrected chi connectivity index (χ4v) is 4.86. The molecule has 0 radical (unpaired) electrons. The van der Waals surface area contributed by atoms with Crippen molar-refractivity contribution in [1.29, 1.82) is 5.26 Å². The number of esters is 1. The zero-order valence-corrected chi connectivity index (χ0v) is 17.6. The zero-order chi connectivity index (χ0) is 21.2. The highest BCUT2D eigenvalue weighted by atomic mass is 32.1. The minimum absolute atomic E-state index is 0.166. The van der Waals surface area contributed by atoms with Gasteiger partial charge in [0.1, 0.15) is 16.8 Å². The van der Waals surface area contributed by atoms with Gasteiger partial charge in [-0.05, 0) is 57.9 Å². The Morgan fingerprint density at radius 2 is 2.17 bits per heavy atom. The van der Waals surface area contributed by atoms with E-state index in [-0.39, 0.29) is 11.1 Å². The van der Waals surface area contributed by atoms with Gasteiger partial charge in [-0.15, -0.1) is 11.3 Å². The Bertz CT molecular complexity index is 994. The quantitative estimate of drug-likeness (QED) is 0.574. The summed E-state index contributed by atoms with van der Waals surface area (Å²) in [5, 5.41) is 16.5. The van der Waals surface area contributed by atoms with Crippen molar-refractivity contribution in [3.05, 3.63) is 46.2 Å². The maximum Gasteiger partial charge on any atom is 0.331 e. The summed E-state index contributed by atoms with van der Waals surface area (Å²) < 4.78 is 10.0. The molecule has 0 saturated carbocycles. The van der Waals surface area contributed by atoms with Gasteiger partial charge >= 0.3 is 5.97 Å². The summed E-state index contributed by atoms with van der Waals surface area (Å²) in [4.78, 5) is 25.0. The minimum Gasteiger partial charge on any atom is -0.465 e. The Morgan fingerprint density at radius 3 is 2.83 bits per heavy atom. The predicted molar refractivity (Wildman–Crippen MR) is 110 cm³/mol. The summed E-state index contributed by atoms with van der Waals surface area (Å²) in [6.07, 6.45) is 4.82. The molecule has 3 heterocycles. The van der Waals surface area contributed by atoms with Crippen LogP contribution in [0.25, 0.3) is 6.08 Å². The number of carbonyl (C=O) groups is 2. The van der Waals surface area contributed by atoms with Crippen molar-refractivity contribution >= 4 is 34.3 Å². The number of thiophene rings is 1. The van der Waals surface area contributed by atoms with Gasteiger partial charge in [0.05, 0.1) is 11.8 Å². The van der Waals surface area contributed by atoms with Crippen LogP contribution >= 0.6 is 11.3 Å². The number of hydrogen-bond acceptors (Lipinski definition) is 7. The molecule has 0 aromatic carbocycles. The summed E-state index contributed by atoms with van der Waals surface area (Å²) in [5.41, 5.74) is 0.949. The SMILES string of the molecule is CC1(C)Cc2c(sc(NC(=O)COC(=O)/C=C/c3ccco3)c2C#N)C(C)(C)N1. The minimum atomic E-state index is -0.658. The number of rotatable bonds is 5. The standard InChI is InChI=1S/C21H23N3O4S/c1-20(2)10-14-15(11-22)19(29-18(14)21(3,4)24-20)23-16(25)12-28-17(26)8-7-13-6-5-9-27-13/h5-9,24H,10,12H2,1-4H3,(H,23,25)/b8-7+. The molecule has 2 aromatic rings. The van der Waals surface area contributed by atoms with Crippen LogP contribution in [0.15, 0.2) is 28.9 Å². The molecule has 0 fully saturated rings. The number of furan rings is 1. The maximum absolute atomic E-state index is 12.3. The van der Waals surface area contributed by atoms with Crippen LogP contribution < -0.4 is 10.6 Å². The van der Waals surface area contributed by atoms with Crippen LogP contribution in [0, 0.1) is 11.3 Å². The lowest BCUT2D eigenvalue weighted by molar-refractivity contribution is -0.142. The van der Waals surface area contributed by atoms with Gasteiger partial charge in [0.25, 0.3) is 5.91 Å². The van der Waals surface area contributed by atoms with Crippen LogP contribution in [0.5, 0.6) is 0 Å². The molecule has 0 saturated heterocycles. The smallest absolute Gasteiger partial charge is 0.331 e. The number of nitrogens with one attached hydrogen (secondary N) is 2. The molecule has 0 spiro atoms. The van der Waals surface area contributed by atoms with Gasteiger partial charge in [-0.2, -0.15) is 5.26 Å². The van der Waals surface area contributed by atoms with Gasteiger partial charge in [0.15, 0.2) is 6.61 Å². The molecule has 0 aliphatic carbocycles. The molecule has 0 bridgehead atoms. The highest BCUT2D eigenvalue weighted by Gasteiger charge is 2.40. The van der Waals surface area contributed by atoms with E-state index in [2.05, 4.69) is 44.4 Å². The summed E-state index contributed by atoms with van der Waals surface area (Å²) in [6.45, 7) is 7.85. The number of nitriles is 1. The molecule has 0 unspecified atom stereocenters. The van der Waals surface area contributed by atoms with Crippen molar-refractivity contribution in [2.45, 2.75) is 45.2 Å². The van der Waals surface area contributed by atoms with Crippen LogP contribution in [0.4, 0.5) is 5.00 Å². The van der Waals surface area contributed by atoms with Gasteiger partial charge < -0.3 is 19.8 Å². The first-order chi connectivity index (χ1) is 13.6. The van der Waals surface area contributed by atoms with Crippen molar-refractivity contribution in [2.75, 3.05) is 11.9 Å². The summed E-state index contributed by atoms with van der Waals surface area (Å²) >= 11 is 1.38. The Kier molecular flexibility index (Phi) is 5.64. The molecule has 7 nitrogen and oxygen atoms in total. The molecule has 1 aliphatic rings. The van der Waals surface area contributed by atoms with E-state index in [1.165, 1.54) is 29.8 Å². The lowest BCUT2D eigenvalue weighted by Crippen LogP contribution is -2.54. The fraction of sp³-hybridized carbons (Fsp3) is 0.381. The summed E-state index contributed by atoms with van der Waals surface area (Å²) in [7, 11) is 0. The average Bonchev–Trinajstić information content (AvgIpc) is 3.24. The molecule has 152 valence electrons. The second-order valence-electron chi connectivity index (χ2n) is 8.04. The van der Waals surface area contributed by atoms with Gasteiger partial charge in [-0.3, -0.25) is 4.79 Å². The molecule has 3 rings (SSSR count). The molecule has 1 aliphatic heterocycles. The van der Waals surface area contributed by atoms with Gasteiger partial charge in [0.2, 0.25) is 0 Å². The molecule has 2 aromatic heterocycles. The number of amides is 1. The van der Waals surface area contributed by atoms with Gasteiger partial charge in [-0.1, -0.05) is 0 Å².